The number of hydrogen-bond donors (Lipinski definition) is 3. The van der Waals surface area contributed by atoms with Crippen molar-refractivity contribution in [2.75, 3.05) is 0 Å². The summed E-state index contributed by atoms with van der Waals surface area (Å²) in [7, 11) is 0. The summed E-state index contributed by atoms with van der Waals surface area (Å²) in [5.74, 6) is -1.44. The quantitative estimate of drug-likeness (QED) is 0.625. The van der Waals surface area contributed by atoms with Crippen molar-refractivity contribution in [2.45, 2.75) is 13.0 Å². The molecule has 0 aliphatic rings. The number of carboxylic acid groups (broad SMARTS) is 1. The number of carbonyl (C=O) groups is 2. The molecule has 70 valence electrons. The zero-order valence-electron chi connectivity index (χ0n) is 7.07. The van der Waals surface area contributed by atoms with E-state index in [0.717, 1.165) is 0 Å². The van der Waals surface area contributed by atoms with Crippen molar-refractivity contribution >= 4 is 11.9 Å². The van der Waals surface area contributed by atoms with Crippen molar-refractivity contribution in [3.05, 3.63) is 24.0 Å². The molecule has 1 amide bonds. The Balaban J connectivity index is 2.56. The normalized spacial score (nSPS) is 12.1. The fourth-order valence-electron chi connectivity index (χ4n) is 0.807. The lowest BCUT2D eigenvalue weighted by Crippen LogP contribution is -2.38. The monoisotopic (exact) mass is 182 g/mol. The van der Waals surface area contributed by atoms with Crippen molar-refractivity contribution < 1.29 is 14.7 Å². The van der Waals surface area contributed by atoms with E-state index in [1.54, 1.807) is 12.3 Å². The van der Waals surface area contributed by atoms with E-state index in [2.05, 4.69) is 10.3 Å². The van der Waals surface area contributed by atoms with Gasteiger partial charge in [0.1, 0.15) is 6.04 Å². The maximum absolute atomic E-state index is 11.2. The minimum Gasteiger partial charge on any atom is -0.480 e. The summed E-state index contributed by atoms with van der Waals surface area (Å²) < 4.78 is 0. The minimum absolute atomic E-state index is 0.392. The SMILES string of the molecule is CC(NC(=O)c1cc[nH]c1)C(=O)O. The van der Waals surface area contributed by atoms with E-state index >= 15 is 0 Å². The Morgan fingerprint density at radius 1 is 1.62 bits per heavy atom. The van der Waals surface area contributed by atoms with Crippen molar-refractivity contribution in [3.8, 4) is 0 Å². The van der Waals surface area contributed by atoms with Gasteiger partial charge in [-0.2, -0.15) is 0 Å². The molecule has 0 saturated carbocycles. The molecule has 1 unspecified atom stereocenters. The van der Waals surface area contributed by atoms with Crippen LogP contribution in [0.4, 0.5) is 0 Å². The van der Waals surface area contributed by atoms with Crippen LogP contribution < -0.4 is 5.32 Å². The molecule has 0 spiro atoms. The molecule has 0 fully saturated rings. The first-order valence-corrected chi connectivity index (χ1v) is 3.77. The number of carbonyl (C=O) groups excluding carboxylic acids is 1. The molecular formula is C8H10N2O3. The molecule has 5 nitrogen and oxygen atoms in total. The van der Waals surface area contributed by atoms with Gasteiger partial charge in [0.2, 0.25) is 0 Å². The van der Waals surface area contributed by atoms with E-state index in [1.165, 1.54) is 13.1 Å². The Hall–Kier alpha value is -1.78. The Kier molecular flexibility index (Phi) is 2.69. The summed E-state index contributed by atoms with van der Waals surface area (Å²) >= 11 is 0. The number of H-pyrrole nitrogens is 1. The van der Waals surface area contributed by atoms with Crippen molar-refractivity contribution in [2.24, 2.45) is 0 Å². The fourth-order valence-corrected chi connectivity index (χ4v) is 0.807. The number of amides is 1. The third kappa shape index (κ3) is 2.33. The largest absolute Gasteiger partial charge is 0.480 e. The Labute approximate surface area is 74.8 Å². The summed E-state index contributed by atoms with van der Waals surface area (Å²) in [6, 6.07) is 0.701. The van der Waals surface area contributed by atoms with Crippen LogP contribution in [-0.2, 0) is 4.79 Å². The first-order valence-electron chi connectivity index (χ1n) is 3.77. The van der Waals surface area contributed by atoms with Crippen LogP contribution in [0, 0.1) is 0 Å². The molecule has 0 radical (unpaired) electrons. The van der Waals surface area contributed by atoms with E-state index in [-0.39, 0.29) is 0 Å². The van der Waals surface area contributed by atoms with Crippen molar-refractivity contribution in [1.82, 2.24) is 10.3 Å². The van der Waals surface area contributed by atoms with Gasteiger partial charge in [-0.1, -0.05) is 0 Å². The molecule has 0 bridgehead atoms. The number of carboxylic acids is 1. The average Bonchev–Trinajstić information content (AvgIpc) is 2.55. The van der Waals surface area contributed by atoms with E-state index in [1.807, 2.05) is 0 Å². The lowest BCUT2D eigenvalue weighted by molar-refractivity contribution is -0.138. The van der Waals surface area contributed by atoms with Crippen LogP contribution in [0.5, 0.6) is 0 Å². The van der Waals surface area contributed by atoms with Gasteiger partial charge in [-0.25, -0.2) is 0 Å². The van der Waals surface area contributed by atoms with Gasteiger partial charge in [-0.3, -0.25) is 9.59 Å². The first-order chi connectivity index (χ1) is 6.11. The maximum Gasteiger partial charge on any atom is 0.325 e. The van der Waals surface area contributed by atoms with E-state index < -0.39 is 17.9 Å². The third-order valence-electron chi connectivity index (χ3n) is 1.58. The van der Waals surface area contributed by atoms with Crippen LogP contribution in [0.1, 0.15) is 17.3 Å². The first kappa shape index (κ1) is 9.31. The summed E-state index contributed by atoms with van der Waals surface area (Å²) in [4.78, 5) is 24.3. The molecular weight excluding hydrogens is 172 g/mol. The Bertz CT molecular complexity index is 305. The third-order valence-corrected chi connectivity index (χ3v) is 1.58. The number of aromatic nitrogens is 1. The van der Waals surface area contributed by atoms with Crippen LogP contribution >= 0.6 is 0 Å². The highest BCUT2D eigenvalue weighted by molar-refractivity contribution is 5.96. The summed E-state index contributed by atoms with van der Waals surface area (Å²) in [5.41, 5.74) is 0.424. The highest BCUT2D eigenvalue weighted by Gasteiger charge is 2.14. The molecule has 1 aromatic rings. The van der Waals surface area contributed by atoms with Gasteiger partial charge in [0.15, 0.2) is 0 Å². The van der Waals surface area contributed by atoms with Crippen molar-refractivity contribution in [1.29, 1.82) is 0 Å². The molecule has 0 aromatic carbocycles. The van der Waals surface area contributed by atoms with Crippen LogP contribution in [0.2, 0.25) is 0 Å². The molecule has 0 aliphatic carbocycles. The van der Waals surface area contributed by atoms with E-state index in [0.29, 0.717) is 5.56 Å². The highest BCUT2D eigenvalue weighted by atomic mass is 16.4. The molecule has 1 aromatic heterocycles. The predicted molar refractivity (Wildman–Crippen MR) is 45.4 cm³/mol. The van der Waals surface area contributed by atoms with E-state index in [4.69, 9.17) is 5.11 Å². The summed E-state index contributed by atoms with van der Waals surface area (Å²) in [5, 5.41) is 10.8. The maximum atomic E-state index is 11.2. The molecule has 0 aliphatic heterocycles. The number of aliphatic carboxylic acids is 1. The zero-order chi connectivity index (χ0) is 9.84. The fraction of sp³-hybridized carbons (Fsp3) is 0.250. The average molecular weight is 182 g/mol. The lowest BCUT2D eigenvalue weighted by Gasteiger charge is -2.07. The number of rotatable bonds is 3. The molecule has 0 saturated heterocycles. The van der Waals surface area contributed by atoms with E-state index in [9.17, 15) is 9.59 Å². The van der Waals surface area contributed by atoms with Gasteiger partial charge in [0, 0.05) is 12.4 Å². The van der Waals surface area contributed by atoms with Gasteiger partial charge in [0.05, 0.1) is 5.56 Å². The molecule has 1 rings (SSSR count). The van der Waals surface area contributed by atoms with Crippen LogP contribution in [0.15, 0.2) is 18.5 Å². The van der Waals surface area contributed by atoms with Crippen LogP contribution in [-0.4, -0.2) is 28.0 Å². The minimum atomic E-state index is -1.05. The highest BCUT2D eigenvalue weighted by Crippen LogP contribution is 1.96. The topological polar surface area (TPSA) is 82.2 Å². The number of aromatic amines is 1. The molecule has 5 heteroatoms. The van der Waals surface area contributed by atoms with Gasteiger partial charge in [0.25, 0.3) is 5.91 Å². The molecule has 1 atom stereocenters. The standard InChI is InChI=1S/C8H10N2O3/c1-5(8(12)13)10-7(11)6-2-3-9-4-6/h2-5,9H,1H3,(H,10,11)(H,12,13). The Morgan fingerprint density at radius 3 is 2.77 bits per heavy atom. The second kappa shape index (κ2) is 3.75. The predicted octanol–water partition coefficient (Wildman–Crippen LogP) is 0.218. The summed E-state index contributed by atoms with van der Waals surface area (Å²) in [6.45, 7) is 1.41. The van der Waals surface area contributed by atoms with Gasteiger partial charge in [-0.15, -0.1) is 0 Å². The molecule has 1 heterocycles. The molecule has 3 N–H and O–H groups in total. The van der Waals surface area contributed by atoms with Crippen LogP contribution in [0.3, 0.4) is 0 Å². The van der Waals surface area contributed by atoms with Gasteiger partial charge >= 0.3 is 5.97 Å². The second-order valence-electron chi connectivity index (χ2n) is 2.63. The van der Waals surface area contributed by atoms with Crippen molar-refractivity contribution in [3.63, 3.8) is 0 Å². The zero-order valence-corrected chi connectivity index (χ0v) is 7.07. The number of nitrogens with one attached hydrogen (secondary N) is 2. The lowest BCUT2D eigenvalue weighted by atomic mass is 10.3. The Morgan fingerprint density at radius 2 is 2.31 bits per heavy atom. The molecule has 13 heavy (non-hydrogen) atoms. The number of hydrogen-bond acceptors (Lipinski definition) is 2. The van der Waals surface area contributed by atoms with Crippen LogP contribution in [0.25, 0.3) is 0 Å². The second-order valence-corrected chi connectivity index (χ2v) is 2.63. The van der Waals surface area contributed by atoms with Gasteiger partial charge < -0.3 is 15.4 Å². The smallest absolute Gasteiger partial charge is 0.325 e. The van der Waals surface area contributed by atoms with Gasteiger partial charge in [-0.05, 0) is 13.0 Å². The summed E-state index contributed by atoms with van der Waals surface area (Å²) in [6.07, 6.45) is 3.10.